The molecule has 2 aromatic rings. The number of hydrazone groups is 1. The molecule has 0 unspecified atom stereocenters. The van der Waals surface area contributed by atoms with Gasteiger partial charge in [-0.15, -0.1) is 0 Å². The van der Waals surface area contributed by atoms with Crippen LogP contribution in [0.25, 0.3) is 0 Å². The average molecular weight is 306 g/mol. The quantitative estimate of drug-likeness (QED) is 0.618. The number of nitrogens with zero attached hydrogens (tertiary/aromatic N) is 1. The van der Waals surface area contributed by atoms with Gasteiger partial charge in [0.2, 0.25) is 0 Å². The van der Waals surface area contributed by atoms with Crippen LogP contribution in [0.2, 0.25) is 0 Å². The van der Waals surface area contributed by atoms with Crippen molar-refractivity contribution in [2.24, 2.45) is 5.10 Å². The second-order valence-electron chi connectivity index (χ2n) is 4.25. The zero-order chi connectivity index (χ0) is 15.8. The molecular formula is C16H16F2N2O2. The van der Waals surface area contributed by atoms with E-state index in [1.54, 1.807) is 25.3 Å². The number of hydrogen-bond donors (Lipinski definition) is 1. The van der Waals surface area contributed by atoms with Crippen molar-refractivity contribution in [1.82, 2.24) is 0 Å². The average Bonchev–Trinajstić information content (AvgIpc) is 2.51. The molecule has 0 bridgehead atoms. The Kier molecular flexibility index (Phi) is 5.71. The van der Waals surface area contributed by atoms with E-state index in [0.29, 0.717) is 12.2 Å². The minimum Gasteiger partial charge on any atom is -0.490 e. The number of halogens is 2. The lowest BCUT2D eigenvalue weighted by atomic mass is 10.2. The highest BCUT2D eigenvalue weighted by Crippen LogP contribution is 2.29. The standard InChI is InChI=1S/C16H16F2N2O2/c1-2-21-15-10-12(8-9-14(15)22-16(17)18)11-19-20-13-6-4-3-5-7-13/h3-11,16,20H,2H2,1H3. The topological polar surface area (TPSA) is 42.8 Å². The predicted octanol–water partition coefficient (Wildman–Crippen LogP) is 4.13. The lowest BCUT2D eigenvalue weighted by Crippen LogP contribution is -2.05. The van der Waals surface area contributed by atoms with E-state index in [0.717, 1.165) is 5.69 Å². The predicted molar refractivity (Wildman–Crippen MR) is 81.9 cm³/mol. The maximum atomic E-state index is 12.3. The van der Waals surface area contributed by atoms with Crippen molar-refractivity contribution < 1.29 is 18.3 Å². The Morgan fingerprint density at radius 1 is 1.14 bits per heavy atom. The lowest BCUT2D eigenvalue weighted by molar-refractivity contribution is -0.0514. The van der Waals surface area contributed by atoms with Gasteiger partial charge in [0.05, 0.1) is 18.5 Å². The Morgan fingerprint density at radius 2 is 1.91 bits per heavy atom. The second-order valence-corrected chi connectivity index (χ2v) is 4.25. The van der Waals surface area contributed by atoms with Gasteiger partial charge in [0.25, 0.3) is 0 Å². The van der Waals surface area contributed by atoms with Crippen LogP contribution >= 0.6 is 0 Å². The van der Waals surface area contributed by atoms with Crippen LogP contribution in [0.1, 0.15) is 12.5 Å². The third kappa shape index (κ3) is 4.73. The summed E-state index contributed by atoms with van der Waals surface area (Å²) < 4.78 is 34.3. The van der Waals surface area contributed by atoms with Crippen molar-refractivity contribution in [3.63, 3.8) is 0 Å². The molecule has 0 fully saturated rings. The van der Waals surface area contributed by atoms with Gasteiger partial charge < -0.3 is 9.47 Å². The number of rotatable bonds is 7. The Hall–Kier alpha value is -2.63. The van der Waals surface area contributed by atoms with E-state index >= 15 is 0 Å². The summed E-state index contributed by atoms with van der Waals surface area (Å²) in [6, 6.07) is 14.1. The van der Waals surface area contributed by atoms with Gasteiger partial charge >= 0.3 is 6.61 Å². The van der Waals surface area contributed by atoms with E-state index in [1.807, 2.05) is 30.3 Å². The second kappa shape index (κ2) is 7.97. The van der Waals surface area contributed by atoms with Crippen molar-refractivity contribution in [3.05, 3.63) is 54.1 Å². The molecular weight excluding hydrogens is 290 g/mol. The molecule has 0 saturated carbocycles. The van der Waals surface area contributed by atoms with E-state index in [-0.39, 0.29) is 11.5 Å². The first kappa shape index (κ1) is 15.8. The monoisotopic (exact) mass is 306 g/mol. The molecule has 0 aliphatic heterocycles. The molecule has 0 saturated heterocycles. The summed E-state index contributed by atoms with van der Waals surface area (Å²) in [5.41, 5.74) is 4.42. The maximum absolute atomic E-state index is 12.3. The van der Waals surface area contributed by atoms with Crippen LogP contribution in [0.15, 0.2) is 53.6 Å². The molecule has 0 aliphatic rings. The molecule has 0 radical (unpaired) electrons. The molecule has 0 atom stereocenters. The van der Waals surface area contributed by atoms with Gasteiger partial charge in [0, 0.05) is 0 Å². The molecule has 0 aromatic heterocycles. The Morgan fingerprint density at radius 3 is 2.59 bits per heavy atom. The lowest BCUT2D eigenvalue weighted by Gasteiger charge is -2.11. The van der Waals surface area contributed by atoms with Crippen LogP contribution in [0, 0.1) is 0 Å². The summed E-state index contributed by atoms with van der Waals surface area (Å²) in [5.74, 6) is 0.261. The molecule has 4 nitrogen and oxygen atoms in total. The Bertz CT molecular complexity index is 619. The fraction of sp³-hybridized carbons (Fsp3) is 0.188. The van der Waals surface area contributed by atoms with Crippen molar-refractivity contribution in [3.8, 4) is 11.5 Å². The number of hydrogen-bond acceptors (Lipinski definition) is 4. The van der Waals surface area contributed by atoms with Gasteiger partial charge in [0.1, 0.15) is 0 Å². The molecule has 0 spiro atoms. The van der Waals surface area contributed by atoms with Gasteiger partial charge in [0.15, 0.2) is 11.5 Å². The molecule has 1 N–H and O–H groups in total. The summed E-state index contributed by atoms with van der Waals surface area (Å²) in [5, 5.41) is 4.08. The third-order valence-electron chi connectivity index (χ3n) is 2.66. The molecule has 0 aliphatic carbocycles. The molecule has 6 heteroatoms. The zero-order valence-corrected chi connectivity index (χ0v) is 12.0. The highest BCUT2D eigenvalue weighted by atomic mass is 19.3. The van der Waals surface area contributed by atoms with Crippen LogP contribution in [0.5, 0.6) is 11.5 Å². The minimum atomic E-state index is -2.89. The first-order valence-corrected chi connectivity index (χ1v) is 6.75. The Balaban J connectivity index is 2.09. The van der Waals surface area contributed by atoms with E-state index in [1.165, 1.54) is 6.07 Å². The summed E-state index contributed by atoms with van der Waals surface area (Å²) >= 11 is 0. The molecule has 0 amide bonds. The first-order chi connectivity index (χ1) is 10.7. The number of benzene rings is 2. The van der Waals surface area contributed by atoms with E-state index in [9.17, 15) is 8.78 Å². The van der Waals surface area contributed by atoms with Crippen molar-refractivity contribution in [1.29, 1.82) is 0 Å². The van der Waals surface area contributed by atoms with Gasteiger partial charge in [-0.25, -0.2) is 0 Å². The van der Waals surface area contributed by atoms with Crippen LogP contribution in [0.3, 0.4) is 0 Å². The smallest absolute Gasteiger partial charge is 0.387 e. The number of nitrogens with one attached hydrogen (secondary N) is 1. The summed E-state index contributed by atoms with van der Waals surface area (Å²) in [6.45, 7) is -0.773. The van der Waals surface area contributed by atoms with Gasteiger partial charge in [-0.2, -0.15) is 13.9 Å². The minimum absolute atomic E-state index is 0.00465. The number of para-hydroxylation sites is 1. The number of alkyl halides is 2. The van der Waals surface area contributed by atoms with Crippen LogP contribution in [0.4, 0.5) is 14.5 Å². The first-order valence-electron chi connectivity index (χ1n) is 6.75. The van der Waals surface area contributed by atoms with Crippen molar-refractivity contribution in [2.75, 3.05) is 12.0 Å². The van der Waals surface area contributed by atoms with Crippen LogP contribution in [-0.4, -0.2) is 19.4 Å². The summed E-state index contributed by atoms with van der Waals surface area (Å²) in [7, 11) is 0. The van der Waals surface area contributed by atoms with Crippen molar-refractivity contribution in [2.45, 2.75) is 13.5 Å². The highest BCUT2D eigenvalue weighted by Gasteiger charge is 2.10. The largest absolute Gasteiger partial charge is 0.490 e. The molecule has 2 aromatic carbocycles. The maximum Gasteiger partial charge on any atom is 0.387 e. The van der Waals surface area contributed by atoms with Crippen LogP contribution in [-0.2, 0) is 0 Å². The zero-order valence-electron chi connectivity index (χ0n) is 12.0. The normalized spacial score (nSPS) is 10.9. The SMILES string of the molecule is CCOc1cc(C=NNc2ccccc2)ccc1OC(F)F. The number of ether oxygens (including phenoxy) is 2. The van der Waals surface area contributed by atoms with E-state index in [4.69, 9.17) is 4.74 Å². The van der Waals surface area contributed by atoms with Gasteiger partial charge in [-0.1, -0.05) is 18.2 Å². The molecule has 116 valence electrons. The molecule has 0 heterocycles. The van der Waals surface area contributed by atoms with E-state index < -0.39 is 6.61 Å². The third-order valence-corrected chi connectivity index (χ3v) is 2.66. The fourth-order valence-electron chi connectivity index (χ4n) is 1.76. The van der Waals surface area contributed by atoms with Gasteiger partial charge in [-0.05, 0) is 42.8 Å². The molecule has 22 heavy (non-hydrogen) atoms. The fourth-order valence-corrected chi connectivity index (χ4v) is 1.76. The van der Waals surface area contributed by atoms with Crippen LogP contribution < -0.4 is 14.9 Å². The van der Waals surface area contributed by atoms with Gasteiger partial charge in [-0.3, -0.25) is 5.43 Å². The number of anilines is 1. The van der Waals surface area contributed by atoms with Crippen molar-refractivity contribution >= 4 is 11.9 Å². The summed E-state index contributed by atoms with van der Waals surface area (Å²) in [6.07, 6.45) is 1.57. The summed E-state index contributed by atoms with van der Waals surface area (Å²) in [4.78, 5) is 0. The molecule has 2 rings (SSSR count). The highest BCUT2D eigenvalue weighted by molar-refractivity contribution is 5.81. The Labute approximate surface area is 127 Å². The van der Waals surface area contributed by atoms with E-state index in [2.05, 4.69) is 15.3 Å².